The van der Waals surface area contributed by atoms with E-state index >= 15 is 0 Å². The van der Waals surface area contributed by atoms with E-state index < -0.39 is 5.97 Å². The molecule has 2 aromatic carbocycles. The van der Waals surface area contributed by atoms with Gasteiger partial charge in [0, 0.05) is 23.0 Å². The highest BCUT2D eigenvalue weighted by Crippen LogP contribution is 2.33. The van der Waals surface area contributed by atoms with Gasteiger partial charge in [0.25, 0.3) is 0 Å². The van der Waals surface area contributed by atoms with Crippen LogP contribution >= 0.6 is 0 Å². The van der Waals surface area contributed by atoms with E-state index in [4.69, 9.17) is 20.9 Å². The molecule has 0 radical (unpaired) electrons. The number of hydrogen-bond acceptors (Lipinski definition) is 6. The minimum absolute atomic E-state index is 0.0201. The van der Waals surface area contributed by atoms with Crippen molar-refractivity contribution in [1.29, 1.82) is 0 Å². The molecule has 0 heterocycles. The van der Waals surface area contributed by atoms with E-state index in [2.05, 4.69) is 6.58 Å². The number of unbranched alkanes of at least 4 members (excludes halogenated alkanes) is 4. The third-order valence-electron chi connectivity index (χ3n) is 7.00. The van der Waals surface area contributed by atoms with E-state index in [1.165, 1.54) is 38.2 Å². The Bertz CT molecular complexity index is 1050. The minimum Gasteiger partial charge on any atom is -0.458 e. The van der Waals surface area contributed by atoms with Crippen molar-refractivity contribution >= 4 is 29.4 Å². The van der Waals surface area contributed by atoms with Crippen molar-refractivity contribution in [3.8, 4) is 5.75 Å². The Hall–Kier alpha value is -3.54. The first kappa shape index (κ1) is 28.0. The minimum atomic E-state index is -0.477. The molecule has 0 saturated heterocycles. The Morgan fingerprint density at radius 3 is 2.38 bits per heavy atom. The van der Waals surface area contributed by atoms with E-state index in [0.717, 1.165) is 43.6 Å². The molecule has 0 aliphatic heterocycles. The van der Waals surface area contributed by atoms with Gasteiger partial charge in [-0.15, -0.1) is 6.58 Å². The lowest BCUT2D eigenvalue weighted by atomic mass is 9.80. The molecule has 37 heavy (non-hydrogen) atoms. The lowest BCUT2D eigenvalue weighted by molar-refractivity contribution is -0.140. The van der Waals surface area contributed by atoms with E-state index in [1.54, 1.807) is 48.5 Å². The topological polar surface area (TPSA) is 105 Å². The van der Waals surface area contributed by atoms with Crippen molar-refractivity contribution in [2.24, 2.45) is 11.8 Å². The summed E-state index contributed by atoms with van der Waals surface area (Å²) in [7, 11) is 0. The highest BCUT2D eigenvalue weighted by Gasteiger charge is 2.27. The molecule has 0 atom stereocenters. The van der Waals surface area contributed by atoms with E-state index in [-0.39, 0.29) is 18.5 Å². The summed E-state index contributed by atoms with van der Waals surface area (Å²) in [5.41, 5.74) is 14.1. The van der Waals surface area contributed by atoms with Gasteiger partial charge in [-0.2, -0.15) is 0 Å². The van der Waals surface area contributed by atoms with Gasteiger partial charge in [0.2, 0.25) is 0 Å². The fraction of sp³-hybridized carbons (Fsp3) is 0.419. The van der Waals surface area contributed by atoms with Crippen LogP contribution in [0.3, 0.4) is 0 Å². The number of esters is 2. The second-order valence-electron chi connectivity index (χ2n) is 9.89. The van der Waals surface area contributed by atoms with Gasteiger partial charge in [-0.05, 0) is 80.3 Å². The van der Waals surface area contributed by atoms with Crippen LogP contribution in [0.4, 0.5) is 11.4 Å². The molecule has 1 aliphatic carbocycles. The summed E-state index contributed by atoms with van der Waals surface area (Å²) in [6.45, 7) is 3.84. The zero-order valence-corrected chi connectivity index (χ0v) is 21.7. The zero-order valence-electron chi connectivity index (χ0n) is 21.7. The lowest BCUT2D eigenvalue weighted by Crippen LogP contribution is -2.25. The molecule has 0 unspecified atom stereocenters. The van der Waals surface area contributed by atoms with Crippen LogP contribution in [-0.2, 0) is 20.9 Å². The molecule has 3 rings (SSSR count). The predicted molar refractivity (Wildman–Crippen MR) is 150 cm³/mol. The van der Waals surface area contributed by atoms with Crippen LogP contribution in [-0.4, -0.2) is 11.9 Å². The average molecular weight is 505 g/mol. The highest BCUT2D eigenvalue weighted by atomic mass is 16.5. The molecule has 0 bridgehead atoms. The van der Waals surface area contributed by atoms with Crippen LogP contribution in [0.25, 0.3) is 6.08 Å². The lowest BCUT2D eigenvalue weighted by Gasteiger charge is -2.27. The normalized spacial score (nSPS) is 17.4. The van der Waals surface area contributed by atoms with Crippen LogP contribution in [0.15, 0.2) is 61.2 Å². The number of rotatable bonds is 13. The van der Waals surface area contributed by atoms with Gasteiger partial charge < -0.3 is 20.9 Å². The summed E-state index contributed by atoms with van der Waals surface area (Å²) >= 11 is 0. The summed E-state index contributed by atoms with van der Waals surface area (Å²) in [6, 6.07) is 12.2. The van der Waals surface area contributed by atoms with E-state index in [1.807, 2.05) is 6.08 Å². The van der Waals surface area contributed by atoms with Crippen LogP contribution in [0, 0.1) is 11.8 Å². The van der Waals surface area contributed by atoms with Crippen molar-refractivity contribution in [2.45, 2.75) is 70.8 Å². The quantitative estimate of drug-likeness (QED) is 0.0772. The van der Waals surface area contributed by atoms with Gasteiger partial charge in [-0.1, -0.05) is 50.0 Å². The van der Waals surface area contributed by atoms with Crippen molar-refractivity contribution in [1.82, 2.24) is 0 Å². The highest BCUT2D eigenvalue weighted by molar-refractivity contribution is 5.87. The predicted octanol–water partition coefficient (Wildman–Crippen LogP) is 6.85. The fourth-order valence-corrected chi connectivity index (χ4v) is 4.71. The Morgan fingerprint density at radius 2 is 1.68 bits per heavy atom. The fourth-order valence-electron chi connectivity index (χ4n) is 4.71. The van der Waals surface area contributed by atoms with Gasteiger partial charge in [-0.3, -0.25) is 4.79 Å². The maximum absolute atomic E-state index is 12.6. The summed E-state index contributed by atoms with van der Waals surface area (Å²) in [5, 5.41) is 0. The second-order valence-corrected chi connectivity index (χ2v) is 9.89. The molecule has 198 valence electrons. The largest absolute Gasteiger partial charge is 0.458 e. The summed E-state index contributed by atoms with van der Waals surface area (Å²) in [6.07, 6.45) is 16.5. The maximum atomic E-state index is 12.6. The second kappa shape index (κ2) is 14.9. The molecule has 1 saturated carbocycles. The van der Waals surface area contributed by atoms with Crippen molar-refractivity contribution in [3.05, 3.63) is 72.3 Å². The van der Waals surface area contributed by atoms with Gasteiger partial charge in [0.15, 0.2) is 0 Å². The number of ether oxygens (including phenoxy) is 2. The third kappa shape index (κ3) is 9.79. The number of anilines is 2. The Kier molecular flexibility index (Phi) is 11.3. The number of carbonyl (C=O) groups is 2. The molecule has 6 nitrogen and oxygen atoms in total. The first-order valence-corrected chi connectivity index (χ1v) is 13.4. The molecule has 0 spiro atoms. The smallest absolute Gasteiger partial charge is 0.331 e. The van der Waals surface area contributed by atoms with E-state index in [0.29, 0.717) is 22.7 Å². The standard InChI is InChI=1S/C31H40N2O4/c1-2-3-4-5-6-7-8-23-9-14-25(15-10-23)31(35)37-28-18-11-24(12-19-28)13-20-30(34)36-22-26-16-17-27(32)21-29(26)33/h2,11-13,16-21,23,25H,1,3-10,14-15,22,32-33H2. The molecular weight excluding hydrogens is 464 g/mol. The van der Waals surface area contributed by atoms with Gasteiger partial charge in [-0.25, -0.2) is 4.79 Å². The average Bonchev–Trinajstić information content (AvgIpc) is 2.90. The van der Waals surface area contributed by atoms with Gasteiger partial charge >= 0.3 is 11.9 Å². The molecule has 0 aromatic heterocycles. The number of nitrogens with two attached hydrogens (primary N) is 2. The van der Waals surface area contributed by atoms with Crippen LogP contribution in [0.2, 0.25) is 0 Å². The Labute approximate surface area is 220 Å². The molecule has 0 amide bonds. The number of nitrogen functional groups attached to an aromatic ring is 2. The van der Waals surface area contributed by atoms with Gasteiger partial charge in [0.05, 0.1) is 5.92 Å². The number of benzene rings is 2. The van der Waals surface area contributed by atoms with Crippen molar-refractivity contribution in [2.75, 3.05) is 11.5 Å². The van der Waals surface area contributed by atoms with Crippen LogP contribution in [0.1, 0.15) is 75.3 Å². The molecule has 1 fully saturated rings. The SMILES string of the molecule is C=CCCCCCCC1CCC(C(=O)Oc2ccc(C=CC(=O)OCc3ccc(N)cc3N)cc2)CC1. The van der Waals surface area contributed by atoms with Crippen molar-refractivity contribution in [3.63, 3.8) is 0 Å². The molecule has 2 aromatic rings. The third-order valence-corrected chi connectivity index (χ3v) is 7.00. The molecule has 4 N–H and O–H groups in total. The number of carbonyl (C=O) groups excluding carboxylic acids is 2. The molecule has 6 heteroatoms. The summed E-state index contributed by atoms with van der Waals surface area (Å²) in [5.74, 6) is 0.621. The summed E-state index contributed by atoms with van der Waals surface area (Å²) in [4.78, 5) is 24.7. The van der Waals surface area contributed by atoms with Gasteiger partial charge in [0.1, 0.15) is 12.4 Å². The number of allylic oxidation sites excluding steroid dienone is 1. The first-order valence-electron chi connectivity index (χ1n) is 13.4. The Balaban J connectivity index is 1.36. The first-order chi connectivity index (χ1) is 17.9. The number of hydrogen-bond donors (Lipinski definition) is 2. The van der Waals surface area contributed by atoms with Crippen molar-refractivity contribution < 1.29 is 19.1 Å². The van der Waals surface area contributed by atoms with E-state index in [9.17, 15) is 9.59 Å². The Morgan fingerprint density at radius 1 is 0.946 bits per heavy atom. The monoisotopic (exact) mass is 504 g/mol. The molecule has 1 aliphatic rings. The van der Waals surface area contributed by atoms with Crippen LogP contribution < -0.4 is 16.2 Å². The van der Waals surface area contributed by atoms with Crippen LogP contribution in [0.5, 0.6) is 5.75 Å². The maximum Gasteiger partial charge on any atom is 0.331 e. The molecular formula is C31H40N2O4. The zero-order chi connectivity index (χ0) is 26.5. The summed E-state index contributed by atoms with van der Waals surface area (Å²) < 4.78 is 10.9.